The fraction of sp³-hybridized carbons (Fsp3) is 0.667. The second-order valence-electron chi connectivity index (χ2n) is 9.93. The molecule has 2 heterocycles. The average molecular weight is 485 g/mol. The first-order chi connectivity index (χ1) is 17.2. The number of aliphatic hydroxyl groups excluding tert-OH is 1. The summed E-state index contributed by atoms with van der Waals surface area (Å²) in [6.07, 6.45) is 12.1. The molecule has 0 spiro atoms. The third-order valence-electron chi connectivity index (χ3n) is 7.23. The Kier molecular flexibility index (Phi) is 9.40. The lowest BCUT2D eigenvalue weighted by atomic mass is 9.93. The van der Waals surface area contributed by atoms with Gasteiger partial charge >= 0.3 is 0 Å². The largest absolute Gasteiger partial charge is 0.491 e. The van der Waals surface area contributed by atoms with Crippen molar-refractivity contribution in [3.8, 4) is 5.75 Å². The van der Waals surface area contributed by atoms with Gasteiger partial charge < -0.3 is 19.6 Å². The van der Waals surface area contributed by atoms with Crippen molar-refractivity contribution in [2.24, 2.45) is 4.99 Å². The predicted molar refractivity (Wildman–Crippen MR) is 136 cm³/mol. The van der Waals surface area contributed by atoms with E-state index in [0.29, 0.717) is 38.1 Å². The van der Waals surface area contributed by atoms with Crippen molar-refractivity contribution in [1.29, 1.82) is 0 Å². The quantitative estimate of drug-likeness (QED) is 0.415. The summed E-state index contributed by atoms with van der Waals surface area (Å²) in [5.74, 6) is 1.58. The van der Waals surface area contributed by atoms with Crippen molar-refractivity contribution in [1.82, 2.24) is 15.1 Å². The van der Waals surface area contributed by atoms with Crippen LogP contribution in [0.15, 0.2) is 23.2 Å². The fourth-order valence-corrected chi connectivity index (χ4v) is 5.33. The number of unbranched alkanes of at least 4 members (excludes halogenated alkanes) is 4. The van der Waals surface area contributed by atoms with Crippen molar-refractivity contribution in [3.63, 3.8) is 0 Å². The Morgan fingerprint density at radius 2 is 1.91 bits per heavy atom. The smallest absolute Gasteiger partial charge is 0.246 e. The molecule has 0 radical (unpaired) electrons. The number of hydrogen-bond acceptors (Lipinski definition) is 6. The molecule has 4 rings (SSSR count). The van der Waals surface area contributed by atoms with Gasteiger partial charge in [-0.1, -0.05) is 44.2 Å². The maximum absolute atomic E-state index is 13.1. The topological polar surface area (TPSA) is 94.5 Å². The van der Waals surface area contributed by atoms with Gasteiger partial charge in [-0.05, 0) is 44.6 Å². The Labute approximate surface area is 208 Å². The lowest BCUT2D eigenvalue weighted by Gasteiger charge is -2.34. The lowest BCUT2D eigenvalue weighted by molar-refractivity contribution is -0.134. The van der Waals surface area contributed by atoms with Crippen molar-refractivity contribution >= 4 is 23.5 Å². The van der Waals surface area contributed by atoms with Crippen LogP contribution in [0.4, 0.5) is 5.69 Å². The van der Waals surface area contributed by atoms with Gasteiger partial charge in [0, 0.05) is 37.7 Å². The van der Waals surface area contributed by atoms with Crippen molar-refractivity contribution in [2.45, 2.75) is 89.6 Å². The van der Waals surface area contributed by atoms with Crippen LogP contribution in [0, 0.1) is 0 Å². The number of ether oxygens (including phenoxy) is 1. The van der Waals surface area contributed by atoms with Crippen LogP contribution in [0.5, 0.6) is 5.75 Å². The second kappa shape index (κ2) is 12.9. The average Bonchev–Trinajstić information content (AvgIpc) is 3.24. The number of carbonyl (C=O) groups excluding carboxylic acids is 2. The molecule has 35 heavy (non-hydrogen) atoms. The number of guanidine groups is 1. The van der Waals surface area contributed by atoms with Gasteiger partial charge in [-0.3, -0.25) is 14.9 Å². The van der Waals surface area contributed by atoms with Crippen LogP contribution in [0.1, 0.15) is 82.6 Å². The third-order valence-corrected chi connectivity index (χ3v) is 7.23. The van der Waals surface area contributed by atoms with Crippen molar-refractivity contribution < 1.29 is 19.4 Å². The summed E-state index contributed by atoms with van der Waals surface area (Å²) in [6, 6.07) is 6.30. The molecule has 1 saturated carbocycles. The number of nitrogens with zero attached hydrogens (tertiary/aromatic N) is 3. The van der Waals surface area contributed by atoms with E-state index in [2.05, 4.69) is 15.2 Å². The molecule has 0 aromatic heterocycles. The summed E-state index contributed by atoms with van der Waals surface area (Å²) in [5.41, 5.74) is 1.85. The van der Waals surface area contributed by atoms with E-state index in [-0.39, 0.29) is 18.4 Å². The van der Waals surface area contributed by atoms with Gasteiger partial charge in [0.1, 0.15) is 18.0 Å². The molecule has 8 heteroatoms. The van der Waals surface area contributed by atoms with Crippen LogP contribution >= 0.6 is 0 Å². The zero-order valence-corrected chi connectivity index (χ0v) is 20.8. The maximum Gasteiger partial charge on any atom is 0.246 e. The maximum atomic E-state index is 13.1. The second-order valence-corrected chi connectivity index (χ2v) is 9.93. The molecule has 1 aromatic carbocycles. The molecule has 0 atom stereocenters. The Bertz CT molecular complexity index is 897. The Hall–Kier alpha value is -2.61. The number of benzene rings is 1. The zero-order valence-electron chi connectivity index (χ0n) is 20.8. The highest BCUT2D eigenvalue weighted by atomic mass is 16.5. The standard InChI is InChI=1S/C27H40N4O4/c32-17-8-2-1-7-16-31(22-12-4-3-5-13-22)25(34)15-6-9-18-35-23-14-10-11-21-19-30-20-24(33)28-27(30)29-26(21)23/h10-11,14,22,32H,1-9,12-13,15-20H2,(H,28,29,33). The van der Waals surface area contributed by atoms with Crippen LogP contribution in [0.3, 0.4) is 0 Å². The van der Waals surface area contributed by atoms with Crippen LogP contribution in [0.25, 0.3) is 0 Å². The highest BCUT2D eigenvalue weighted by molar-refractivity contribution is 6.06. The molecule has 192 valence electrons. The molecule has 1 saturated heterocycles. The summed E-state index contributed by atoms with van der Waals surface area (Å²) in [7, 11) is 0. The Morgan fingerprint density at radius 3 is 2.74 bits per heavy atom. The number of rotatable bonds is 13. The van der Waals surface area contributed by atoms with E-state index >= 15 is 0 Å². The summed E-state index contributed by atoms with van der Waals surface area (Å²) in [5, 5.41) is 11.8. The highest BCUT2D eigenvalue weighted by Crippen LogP contribution is 2.36. The summed E-state index contributed by atoms with van der Waals surface area (Å²) in [4.78, 5) is 33.5. The van der Waals surface area contributed by atoms with E-state index < -0.39 is 0 Å². The highest BCUT2D eigenvalue weighted by Gasteiger charge is 2.30. The fourth-order valence-electron chi connectivity index (χ4n) is 5.33. The van der Waals surface area contributed by atoms with E-state index in [9.17, 15) is 9.59 Å². The summed E-state index contributed by atoms with van der Waals surface area (Å²) in [6.45, 7) is 2.62. The number of hydrogen-bond donors (Lipinski definition) is 2. The van der Waals surface area contributed by atoms with E-state index in [4.69, 9.17) is 9.84 Å². The monoisotopic (exact) mass is 484 g/mol. The molecule has 1 aliphatic carbocycles. The molecule has 1 aromatic rings. The normalized spacial score (nSPS) is 17.5. The van der Waals surface area contributed by atoms with Gasteiger partial charge in [-0.25, -0.2) is 4.99 Å². The number of carbonyl (C=O) groups is 2. The lowest BCUT2D eigenvalue weighted by Crippen LogP contribution is -2.42. The molecular weight excluding hydrogens is 444 g/mol. The van der Waals surface area contributed by atoms with Gasteiger partial charge in [0.15, 0.2) is 0 Å². The van der Waals surface area contributed by atoms with E-state index in [1.807, 2.05) is 23.1 Å². The minimum Gasteiger partial charge on any atom is -0.491 e. The zero-order chi connectivity index (χ0) is 24.5. The molecule has 2 amide bonds. The van der Waals surface area contributed by atoms with E-state index in [1.54, 1.807) is 0 Å². The van der Waals surface area contributed by atoms with Crippen molar-refractivity contribution in [2.75, 3.05) is 26.3 Å². The van der Waals surface area contributed by atoms with Crippen LogP contribution < -0.4 is 10.1 Å². The molecule has 8 nitrogen and oxygen atoms in total. The summed E-state index contributed by atoms with van der Waals surface area (Å²) >= 11 is 0. The third kappa shape index (κ3) is 6.97. The van der Waals surface area contributed by atoms with Crippen LogP contribution in [-0.4, -0.2) is 65.0 Å². The van der Waals surface area contributed by atoms with Gasteiger partial charge in [-0.15, -0.1) is 0 Å². The summed E-state index contributed by atoms with van der Waals surface area (Å²) < 4.78 is 6.06. The Morgan fingerprint density at radius 1 is 1.09 bits per heavy atom. The first-order valence-electron chi connectivity index (χ1n) is 13.4. The van der Waals surface area contributed by atoms with Gasteiger partial charge in [0.2, 0.25) is 17.8 Å². The van der Waals surface area contributed by atoms with Gasteiger partial charge in [0.25, 0.3) is 0 Å². The molecular formula is C27H40N4O4. The van der Waals surface area contributed by atoms with Crippen molar-refractivity contribution in [3.05, 3.63) is 23.8 Å². The number of nitrogens with one attached hydrogen (secondary N) is 1. The van der Waals surface area contributed by atoms with E-state index in [0.717, 1.165) is 74.9 Å². The molecule has 0 bridgehead atoms. The number of amides is 2. The SMILES string of the molecule is O=C1CN2Cc3cccc(OCCCCC(=O)N(CCCCCCO)C4CCCCC4)c3N=C2N1. The Balaban J connectivity index is 1.23. The molecule has 2 fully saturated rings. The minimum atomic E-state index is -0.0314. The molecule has 2 aliphatic heterocycles. The van der Waals surface area contributed by atoms with Crippen LogP contribution in [-0.2, 0) is 16.1 Å². The number of aliphatic imine (C=N–C) groups is 1. The molecule has 3 aliphatic rings. The number of aliphatic hydroxyl groups is 1. The van der Waals surface area contributed by atoms with Crippen LogP contribution in [0.2, 0.25) is 0 Å². The minimum absolute atomic E-state index is 0.0314. The number of fused-ring (bicyclic) bond motifs is 2. The first-order valence-corrected chi connectivity index (χ1v) is 13.4. The molecule has 2 N–H and O–H groups in total. The molecule has 0 unspecified atom stereocenters. The predicted octanol–water partition coefficient (Wildman–Crippen LogP) is 3.88. The van der Waals surface area contributed by atoms with E-state index in [1.165, 1.54) is 19.3 Å². The van der Waals surface area contributed by atoms with Gasteiger partial charge in [0.05, 0.1) is 6.61 Å². The number of para-hydroxylation sites is 1. The van der Waals surface area contributed by atoms with Gasteiger partial charge in [-0.2, -0.15) is 0 Å². The first kappa shape index (κ1) is 25.5.